The number of halogens is 1. The van der Waals surface area contributed by atoms with Gasteiger partial charge in [0.1, 0.15) is 18.1 Å². The third-order valence-corrected chi connectivity index (χ3v) is 6.27. The molecule has 1 aliphatic heterocycles. The lowest BCUT2D eigenvalue weighted by Gasteiger charge is -2.09. The molecule has 1 N–H and O–H groups in total. The maximum absolute atomic E-state index is 12.4. The van der Waals surface area contributed by atoms with Gasteiger partial charge in [-0.3, -0.25) is 4.79 Å². The molecule has 162 valence electrons. The standard InChI is InChI=1S/C25H21IN2O3S/c1-2-30-20-11-9-19(10-12-20)27-25-28-24(29)23(32-25)15-18-8-13-22(21(26)14-18)31-16-17-6-4-3-5-7-17/h3-15H,2,16H2,1H3,(H,27,28,29)/b23-15+. The Kier molecular flexibility index (Phi) is 7.49. The van der Waals surface area contributed by atoms with E-state index >= 15 is 0 Å². The molecule has 5 nitrogen and oxygen atoms in total. The van der Waals surface area contributed by atoms with Crippen LogP contribution in [0.3, 0.4) is 0 Å². The first kappa shape index (κ1) is 22.4. The fourth-order valence-electron chi connectivity index (χ4n) is 2.99. The van der Waals surface area contributed by atoms with Gasteiger partial charge in [0.05, 0.1) is 20.8 Å². The second-order valence-electron chi connectivity index (χ2n) is 6.87. The van der Waals surface area contributed by atoms with Crippen LogP contribution in [0.25, 0.3) is 6.08 Å². The number of thioether (sulfide) groups is 1. The zero-order valence-corrected chi connectivity index (χ0v) is 20.4. The Hall–Kier alpha value is -2.78. The van der Waals surface area contributed by atoms with Crippen LogP contribution in [-0.2, 0) is 11.4 Å². The minimum Gasteiger partial charge on any atom is -0.494 e. The van der Waals surface area contributed by atoms with Crippen molar-refractivity contribution in [3.8, 4) is 11.5 Å². The predicted molar refractivity (Wildman–Crippen MR) is 138 cm³/mol. The summed E-state index contributed by atoms with van der Waals surface area (Å²) in [6.45, 7) is 3.08. The first-order valence-electron chi connectivity index (χ1n) is 10.1. The van der Waals surface area contributed by atoms with Crippen molar-refractivity contribution in [1.82, 2.24) is 5.32 Å². The van der Waals surface area contributed by atoms with Crippen molar-refractivity contribution in [3.63, 3.8) is 0 Å². The molecule has 1 amide bonds. The van der Waals surface area contributed by atoms with E-state index < -0.39 is 0 Å². The van der Waals surface area contributed by atoms with Gasteiger partial charge < -0.3 is 14.8 Å². The van der Waals surface area contributed by atoms with Crippen molar-refractivity contribution in [2.24, 2.45) is 4.99 Å². The summed E-state index contributed by atoms with van der Waals surface area (Å²) in [4.78, 5) is 17.5. The fourth-order valence-corrected chi connectivity index (χ4v) is 4.53. The molecule has 0 aromatic heterocycles. The van der Waals surface area contributed by atoms with Crippen LogP contribution in [0.4, 0.5) is 5.69 Å². The SMILES string of the molecule is CCOc1ccc(N=C2NC(=O)/C(=C\c3ccc(OCc4ccccc4)c(I)c3)S2)cc1. The van der Waals surface area contributed by atoms with Gasteiger partial charge in [0.15, 0.2) is 5.17 Å². The lowest BCUT2D eigenvalue weighted by molar-refractivity contribution is -0.115. The Morgan fingerprint density at radius 1 is 1.03 bits per heavy atom. The van der Waals surface area contributed by atoms with Crippen LogP contribution >= 0.6 is 34.4 Å². The molecule has 1 heterocycles. The first-order chi connectivity index (χ1) is 15.6. The predicted octanol–water partition coefficient (Wildman–Crippen LogP) is 6.16. The van der Waals surface area contributed by atoms with Crippen LogP contribution < -0.4 is 14.8 Å². The molecule has 0 aliphatic carbocycles. The summed E-state index contributed by atoms with van der Waals surface area (Å²) < 4.78 is 12.4. The Bertz CT molecular complexity index is 1160. The molecule has 0 saturated carbocycles. The number of carbonyl (C=O) groups is 1. The normalized spacial score (nSPS) is 15.8. The smallest absolute Gasteiger partial charge is 0.264 e. The maximum Gasteiger partial charge on any atom is 0.264 e. The topological polar surface area (TPSA) is 59.9 Å². The Balaban J connectivity index is 1.43. The molecular weight excluding hydrogens is 535 g/mol. The lowest BCUT2D eigenvalue weighted by Crippen LogP contribution is -2.19. The van der Waals surface area contributed by atoms with Crippen LogP contribution in [0.2, 0.25) is 0 Å². The molecule has 32 heavy (non-hydrogen) atoms. The summed E-state index contributed by atoms with van der Waals surface area (Å²) in [6.07, 6.45) is 1.86. The van der Waals surface area contributed by atoms with E-state index in [4.69, 9.17) is 9.47 Å². The zero-order valence-electron chi connectivity index (χ0n) is 17.4. The summed E-state index contributed by atoms with van der Waals surface area (Å²) in [6, 6.07) is 23.4. The van der Waals surface area contributed by atoms with Gasteiger partial charge in [-0.25, -0.2) is 4.99 Å². The van der Waals surface area contributed by atoms with Crippen LogP contribution in [-0.4, -0.2) is 17.7 Å². The van der Waals surface area contributed by atoms with Gasteiger partial charge >= 0.3 is 0 Å². The number of rotatable bonds is 7. The number of hydrogen-bond donors (Lipinski definition) is 1. The number of carbonyl (C=O) groups excluding carboxylic acids is 1. The second-order valence-corrected chi connectivity index (χ2v) is 9.07. The van der Waals surface area contributed by atoms with Gasteiger partial charge in [0, 0.05) is 0 Å². The molecule has 0 radical (unpaired) electrons. The number of nitrogens with one attached hydrogen (secondary N) is 1. The first-order valence-corrected chi connectivity index (χ1v) is 12.0. The van der Waals surface area contributed by atoms with E-state index in [1.807, 2.05) is 85.8 Å². The summed E-state index contributed by atoms with van der Waals surface area (Å²) >= 11 is 3.58. The Morgan fingerprint density at radius 3 is 2.53 bits per heavy atom. The monoisotopic (exact) mass is 556 g/mol. The number of benzene rings is 3. The minimum atomic E-state index is -0.154. The highest BCUT2D eigenvalue weighted by atomic mass is 127. The van der Waals surface area contributed by atoms with Crippen molar-refractivity contribution in [2.75, 3.05) is 6.61 Å². The van der Waals surface area contributed by atoms with Crippen molar-refractivity contribution >= 4 is 57.2 Å². The van der Waals surface area contributed by atoms with E-state index in [9.17, 15) is 4.79 Å². The molecular formula is C25H21IN2O3S. The number of amidine groups is 1. The van der Waals surface area contributed by atoms with E-state index in [0.29, 0.717) is 23.3 Å². The largest absolute Gasteiger partial charge is 0.494 e. The molecule has 7 heteroatoms. The highest BCUT2D eigenvalue weighted by molar-refractivity contribution is 14.1. The van der Waals surface area contributed by atoms with E-state index in [-0.39, 0.29) is 5.91 Å². The van der Waals surface area contributed by atoms with E-state index in [2.05, 4.69) is 32.9 Å². The van der Waals surface area contributed by atoms with Gasteiger partial charge in [0.2, 0.25) is 0 Å². The summed E-state index contributed by atoms with van der Waals surface area (Å²) in [5, 5.41) is 3.38. The van der Waals surface area contributed by atoms with Crippen molar-refractivity contribution < 1.29 is 14.3 Å². The number of amides is 1. The average molecular weight is 556 g/mol. The van der Waals surface area contributed by atoms with Gasteiger partial charge in [-0.15, -0.1) is 0 Å². The van der Waals surface area contributed by atoms with Gasteiger partial charge in [-0.05, 0) is 94.9 Å². The third kappa shape index (κ3) is 5.92. The molecule has 0 spiro atoms. The Labute approximate surface area is 205 Å². The summed E-state index contributed by atoms with van der Waals surface area (Å²) in [5.74, 6) is 1.46. The van der Waals surface area contributed by atoms with E-state index in [1.165, 1.54) is 11.8 Å². The van der Waals surface area contributed by atoms with Crippen LogP contribution in [0.15, 0.2) is 82.7 Å². The quantitative estimate of drug-likeness (QED) is 0.280. The molecule has 1 fully saturated rings. The number of hydrogen-bond acceptors (Lipinski definition) is 5. The Morgan fingerprint density at radius 2 is 1.81 bits per heavy atom. The van der Waals surface area contributed by atoms with Gasteiger partial charge in [-0.2, -0.15) is 0 Å². The maximum atomic E-state index is 12.4. The number of nitrogens with zero attached hydrogens (tertiary/aromatic N) is 1. The van der Waals surface area contributed by atoms with Crippen LogP contribution in [0.5, 0.6) is 11.5 Å². The van der Waals surface area contributed by atoms with Crippen LogP contribution in [0, 0.1) is 3.57 Å². The van der Waals surface area contributed by atoms with E-state index in [0.717, 1.165) is 31.9 Å². The summed E-state index contributed by atoms with van der Waals surface area (Å²) in [7, 11) is 0. The molecule has 0 atom stereocenters. The third-order valence-electron chi connectivity index (χ3n) is 4.52. The van der Waals surface area contributed by atoms with Crippen molar-refractivity contribution in [2.45, 2.75) is 13.5 Å². The molecule has 1 aliphatic rings. The van der Waals surface area contributed by atoms with E-state index in [1.54, 1.807) is 0 Å². The molecule has 4 rings (SSSR count). The zero-order chi connectivity index (χ0) is 22.3. The minimum absolute atomic E-state index is 0.154. The molecule has 0 unspecified atom stereocenters. The fraction of sp³-hybridized carbons (Fsp3) is 0.120. The lowest BCUT2D eigenvalue weighted by atomic mass is 10.2. The molecule has 3 aromatic rings. The van der Waals surface area contributed by atoms with Crippen LogP contribution in [0.1, 0.15) is 18.1 Å². The van der Waals surface area contributed by atoms with Crippen molar-refractivity contribution in [3.05, 3.63) is 92.4 Å². The summed E-state index contributed by atoms with van der Waals surface area (Å²) in [5.41, 5.74) is 2.81. The molecule has 0 bridgehead atoms. The van der Waals surface area contributed by atoms with Gasteiger partial charge in [0.25, 0.3) is 5.91 Å². The number of aliphatic imine (C=N–C) groups is 1. The molecule has 3 aromatic carbocycles. The average Bonchev–Trinajstić information content (AvgIpc) is 3.14. The second kappa shape index (κ2) is 10.7. The van der Waals surface area contributed by atoms with Crippen molar-refractivity contribution in [1.29, 1.82) is 0 Å². The highest BCUT2D eigenvalue weighted by Crippen LogP contribution is 2.30. The molecule has 1 saturated heterocycles. The highest BCUT2D eigenvalue weighted by Gasteiger charge is 2.23. The van der Waals surface area contributed by atoms with Gasteiger partial charge in [-0.1, -0.05) is 36.4 Å². The number of ether oxygens (including phenoxy) is 2.